The van der Waals surface area contributed by atoms with Crippen LogP contribution in [0.25, 0.3) is 27.7 Å². The number of aliphatic hydroxyl groups is 1. The number of ether oxygens (including phenoxy) is 1. The predicted octanol–water partition coefficient (Wildman–Crippen LogP) is 7.01. The smallest absolute Gasteiger partial charge is 0.378 e. The van der Waals surface area contributed by atoms with Gasteiger partial charge in [0, 0.05) is 67.4 Å². The van der Waals surface area contributed by atoms with Crippen LogP contribution in [0, 0.1) is 29.1 Å². The van der Waals surface area contributed by atoms with E-state index >= 15 is 4.79 Å². The number of benzene rings is 2. The van der Waals surface area contributed by atoms with Crippen molar-refractivity contribution in [2.75, 3.05) is 47.4 Å². The molecule has 1 aliphatic carbocycles. The van der Waals surface area contributed by atoms with Crippen LogP contribution >= 0.6 is 0 Å². The van der Waals surface area contributed by atoms with E-state index in [1.807, 2.05) is 19.9 Å². The van der Waals surface area contributed by atoms with Gasteiger partial charge in [-0.3, -0.25) is 19.2 Å². The molecule has 6 bridgehead atoms. The zero-order chi connectivity index (χ0) is 50.1. The predicted molar refractivity (Wildman–Crippen MR) is 270 cm³/mol. The lowest BCUT2D eigenvalue weighted by Gasteiger charge is -2.37. The number of piperidine rings is 1. The van der Waals surface area contributed by atoms with Gasteiger partial charge in [0.05, 0.1) is 18.8 Å². The molecule has 1 aromatic heterocycles. The number of nitrogens with zero attached hydrogens (tertiary/aromatic N) is 6. The number of hydrazine groups is 1. The first-order valence-corrected chi connectivity index (χ1v) is 24.8. The van der Waals surface area contributed by atoms with Crippen LogP contribution in [0.1, 0.15) is 90.3 Å². The number of cyclic esters (lactones) is 1. The molecule has 0 spiro atoms. The average Bonchev–Trinajstić information content (AvgIpc) is 3.61. The van der Waals surface area contributed by atoms with Crippen LogP contribution in [0.15, 0.2) is 73.0 Å². The molecule has 2 fully saturated rings. The number of hydrogen-bond donors (Lipinski definition) is 2. The van der Waals surface area contributed by atoms with Crippen LogP contribution in [0.3, 0.4) is 0 Å². The third kappa shape index (κ3) is 10.6. The van der Waals surface area contributed by atoms with Crippen molar-refractivity contribution in [2.24, 2.45) is 29.1 Å². The van der Waals surface area contributed by atoms with E-state index in [0.29, 0.717) is 45.2 Å². The molecule has 2 N–H and O–H groups in total. The molecule has 3 aromatic rings. The number of aliphatic hydroxyl groups excluding tert-OH is 1. The first kappa shape index (κ1) is 50.8. The van der Waals surface area contributed by atoms with Crippen molar-refractivity contribution in [3.63, 3.8) is 0 Å². The molecule has 0 saturated carbocycles. The maximum Gasteiger partial charge on any atom is 0.378 e. The Balaban J connectivity index is 1.29. The Bertz CT molecular complexity index is 2560. The number of hydrogen-bond acceptors (Lipinski definition) is 8. The Hall–Kier alpha value is -6.02. The number of likely N-dealkylation sites (tertiary alicyclic amines) is 1. The number of fused-ring (bicyclic) bond motifs is 6. The van der Waals surface area contributed by atoms with Crippen molar-refractivity contribution in [3.05, 3.63) is 89.7 Å². The number of nitrogens with one attached hydrogen (secondary N) is 1. The van der Waals surface area contributed by atoms with E-state index in [9.17, 15) is 24.3 Å². The van der Waals surface area contributed by atoms with Crippen molar-refractivity contribution in [1.29, 1.82) is 0 Å². The number of amides is 4. The standard InChI is InChI=1S/C55H73N7O7/c1-12-48(64)60-25-22-36(23-26-60)52(66)58(10)49(34(3)4)51(65)56-45-29-39-27-40(63)30-42(35(39)5)37-20-21-46-43(28-37)44(50(61(46)13-2)41-18-15-14-17-38(41)32-57(8)9)31-55(6,7)33-69-54(68)47-19-16-24-62(53(45)67)59(47)11/h12,14-15,17-18,20-21,27-28,30,34-36,39,45,47,49H,1,11,13,16,19,22-26,29,31-33H2,2-10H3,(H-,56,63,65)/p+1/t35?,39?,45-,47-,49-/m0/s1. The molecule has 370 valence electrons. The molecule has 69 heavy (non-hydrogen) atoms. The summed E-state index contributed by atoms with van der Waals surface area (Å²) in [5.74, 6) is -3.04. The summed E-state index contributed by atoms with van der Waals surface area (Å²) in [5, 5.41) is 17.2. The second-order valence-corrected chi connectivity index (χ2v) is 21.1. The van der Waals surface area contributed by atoms with Crippen LogP contribution in [-0.2, 0) is 48.2 Å². The summed E-state index contributed by atoms with van der Waals surface area (Å²) in [6, 6.07) is 12.1. The van der Waals surface area contributed by atoms with E-state index in [0.717, 1.165) is 51.9 Å². The molecular formula is C55H74N7O7+. The van der Waals surface area contributed by atoms with Crippen molar-refractivity contribution in [3.8, 4) is 11.3 Å². The summed E-state index contributed by atoms with van der Waals surface area (Å²) in [4.78, 5) is 75.7. The molecule has 4 amide bonds. The van der Waals surface area contributed by atoms with Crippen molar-refractivity contribution < 1.29 is 38.5 Å². The van der Waals surface area contributed by atoms with Gasteiger partial charge in [0.2, 0.25) is 17.7 Å². The fraction of sp³-hybridized carbons (Fsp3) is 0.527. The SMILES string of the molecule is C=CC(=O)N1CCC(C(=O)N(C)[C@H](C(=O)N[C@H]2CC3C=C(O)C=C(c4ccc5c(c4)c(c(-c4ccccc4CN(C)C)n5CC)CC(C)(C)COC(=O)[C@@H]4CCCN(C2=O)[N+]4=C)C3C)C(C)C)CC1. The van der Waals surface area contributed by atoms with Gasteiger partial charge < -0.3 is 34.4 Å². The van der Waals surface area contributed by atoms with Crippen LogP contribution in [0.5, 0.6) is 0 Å². The van der Waals surface area contributed by atoms with Crippen LogP contribution in [0.2, 0.25) is 0 Å². The third-order valence-electron chi connectivity index (χ3n) is 14.8. The minimum Gasteiger partial charge on any atom is -0.508 e. The van der Waals surface area contributed by atoms with Gasteiger partial charge in [-0.2, -0.15) is 0 Å². The lowest BCUT2D eigenvalue weighted by molar-refractivity contribution is -0.693. The number of likely N-dealkylation sites (N-methyl/N-ethyl adjacent to an activating group) is 1. The average molecular weight is 945 g/mol. The molecule has 7 rings (SSSR count). The quantitative estimate of drug-likeness (QED) is 0.126. The van der Waals surface area contributed by atoms with Crippen molar-refractivity contribution in [1.82, 2.24) is 29.6 Å². The normalized spacial score (nSPS) is 23.0. The Morgan fingerprint density at radius 1 is 1.04 bits per heavy atom. The van der Waals surface area contributed by atoms with Gasteiger partial charge in [0.1, 0.15) is 17.8 Å². The molecule has 4 heterocycles. The summed E-state index contributed by atoms with van der Waals surface area (Å²) in [7, 11) is 5.77. The summed E-state index contributed by atoms with van der Waals surface area (Å²) < 4.78 is 10.0. The Kier molecular flexibility index (Phi) is 15.4. The first-order chi connectivity index (χ1) is 32.7. The number of hydrazone groups is 1. The van der Waals surface area contributed by atoms with Gasteiger partial charge in [-0.15, -0.1) is 9.69 Å². The highest BCUT2D eigenvalue weighted by Crippen LogP contribution is 2.43. The molecule has 0 radical (unpaired) electrons. The molecule has 14 nitrogen and oxygen atoms in total. The molecular weight excluding hydrogens is 871 g/mol. The fourth-order valence-corrected chi connectivity index (χ4v) is 11.2. The van der Waals surface area contributed by atoms with Crippen LogP contribution in [-0.4, -0.2) is 136 Å². The van der Waals surface area contributed by atoms with E-state index in [-0.39, 0.29) is 54.9 Å². The second-order valence-electron chi connectivity index (χ2n) is 21.1. The Morgan fingerprint density at radius 2 is 1.75 bits per heavy atom. The molecule has 14 heteroatoms. The minimum absolute atomic E-state index is 0.0664. The van der Waals surface area contributed by atoms with Gasteiger partial charge >= 0.3 is 5.97 Å². The molecule has 5 atom stereocenters. The molecule has 2 aromatic carbocycles. The van der Waals surface area contributed by atoms with E-state index in [2.05, 4.69) is 112 Å². The Labute approximate surface area is 408 Å². The largest absolute Gasteiger partial charge is 0.508 e. The number of carbonyl (C=O) groups is 5. The highest BCUT2D eigenvalue weighted by molar-refractivity contribution is 5.96. The number of aryl methyl sites for hydroxylation is 1. The fourth-order valence-electron chi connectivity index (χ4n) is 11.2. The minimum atomic E-state index is -1.12. The zero-order valence-electron chi connectivity index (χ0n) is 42.3. The van der Waals surface area contributed by atoms with Gasteiger partial charge in [0.25, 0.3) is 11.9 Å². The highest BCUT2D eigenvalue weighted by atomic mass is 16.5. The highest BCUT2D eigenvalue weighted by Gasteiger charge is 2.46. The molecule has 2 unspecified atom stereocenters. The second kappa shape index (κ2) is 20.9. The number of esters is 1. The number of allylic oxidation sites excluding steroid dienone is 3. The third-order valence-corrected chi connectivity index (χ3v) is 14.8. The van der Waals surface area contributed by atoms with E-state index in [4.69, 9.17) is 4.74 Å². The Morgan fingerprint density at radius 3 is 2.42 bits per heavy atom. The molecule has 4 aliphatic rings. The summed E-state index contributed by atoms with van der Waals surface area (Å²) in [6.07, 6.45) is 7.41. The van der Waals surface area contributed by atoms with Gasteiger partial charge in [-0.05, 0) is 124 Å². The lowest BCUT2D eigenvalue weighted by atomic mass is 9.76. The van der Waals surface area contributed by atoms with E-state index < -0.39 is 47.2 Å². The summed E-state index contributed by atoms with van der Waals surface area (Å²) in [5.41, 5.74) is 7.02. The van der Waals surface area contributed by atoms with E-state index in [1.165, 1.54) is 26.2 Å². The van der Waals surface area contributed by atoms with Crippen molar-refractivity contribution >= 4 is 52.8 Å². The molecule has 2 saturated heterocycles. The van der Waals surface area contributed by atoms with Crippen LogP contribution < -0.4 is 5.32 Å². The monoisotopic (exact) mass is 945 g/mol. The van der Waals surface area contributed by atoms with Crippen LogP contribution in [0.4, 0.5) is 0 Å². The topological polar surface area (TPSA) is 148 Å². The van der Waals surface area contributed by atoms with Gasteiger partial charge in [-0.1, -0.05) is 71.5 Å². The number of rotatable bonds is 10. The first-order valence-electron chi connectivity index (χ1n) is 24.8. The number of carbonyl (C=O) groups excluding carboxylic acids is 5. The molecule has 3 aliphatic heterocycles. The van der Waals surface area contributed by atoms with Crippen molar-refractivity contribution in [2.45, 2.75) is 111 Å². The van der Waals surface area contributed by atoms with Gasteiger partial charge in [0.15, 0.2) is 6.72 Å². The summed E-state index contributed by atoms with van der Waals surface area (Å²) in [6.45, 7) is 22.7. The van der Waals surface area contributed by atoms with E-state index in [1.54, 1.807) is 18.0 Å². The summed E-state index contributed by atoms with van der Waals surface area (Å²) >= 11 is 0. The maximum absolute atomic E-state index is 15.1. The van der Waals surface area contributed by atoms with Gasteiger partial charge in [-0.25, -0.2) is 4.79 Å². The zero-order valence-corrected chi connectivity index (χ0v) is 42.3. The maximum atomic E-state index is 15.1. The number of aromatic nitrogens is 1. The lowest BCUT2D eigenvalue weighted by Crippen LogP contribution is -2.60.